The Labute approximate surface area is 111 Å². The normalized spacial score (nSPS) is 16.3. The average molecular weight is 266 g/mol. The smallest absolute Gasteiger partial charge is 0.311 e. The Kier molecular flexibility index (Phi) is 4.16. The molecule has 0 unspecified atom stereocenters. The molecular weight excluding hydrogens is 248 g/mol. The van der Waals surface area contributed by atoms with Crippen molar-refractivity contribution in [1.82, 2.24) is 4.98 Å². The van der Waals surface area contributed by atoms with Crippen molar-refractivity contribution < 1.29 is 9.66 Å². The summed E-state index contributed by atoms with van der Waals surface area (Å²) in [5.41, 5.74) is 5.61. The molecule has 19 heavy (non-hydrogen) atoms. The number of hydrogen-bond donors (Lipinski definition) is 1. The van der Waals surface area contributed by atoms with Gasteiger partial charge in [0.1, 0.15) is 5.82 Å². The summed E-state index contributed by atoms with van der Waals surface area (Å²) >= 11 is 0. The summed E-state index contributed by atoms with van der Waals surface area (Å²) in [6, 6.07) is 2.85. The summed E-state index contributed by atoms with van der Waals surface area (Å²) < 4.78 is 5.31. The summed E-state index contributed by atoms with van der Waals surface area (Å²) in [6.07, 6.45) is 1.95. The van der Waals surface area contributed by atoms with Crippen LogP contribution in [0.1, 0.15) is 12.8 Å². The van der Waals surface area contributed by atoms with Crippen LogP contribution in [0.25, 0.3) is 0 Å². The lowest BCUT2D eigenvalue weighted by Crippen LogP contribution is -2.30. The first-order chi connectivity index (χ1) is 9.08. The second kappa shape index (κ2) is 5.83. The van der Waals surface area contributed by atoms with Crippen LogP contribution in [0.5, 0.6) is 0 Å². The summed E-state index contributed by atoms with van der Waals surface area (Å²) in [6.45, 7) is 2.23. The number of nitro groups is 1. The van der Waals surface area contributed by atoms with Crippen LogP contribution in [0.15, 0.2) is 12.1 Å². The molecule has 0 spiro atoms. The van der Waals surface area contributed by atoms with Crippen LogP contribution in [0.4, 0.5) is 17.3 Å². The minimum absolute atomic E-state index is 0.0104. The minimum Gasteiger partial charge on any atom is -0.384 e. The number of pyridine rings is 1. The number of ether oxygens (including phenoxy) is 1. The highest BCUT2D eigenvalue weighted by molar-refractivity contribution is 5.60. The average Bonchev–Trinajstić information content (AvgIpc) is 2.39. The van der Waals surface area contributed by atoms with E-state index in [1.54, 1.807) is 0 Å². The molecule has 1 aliphatic rings. The Hall–Kier alpha value is -1.89. The number of rotatable bonds is 4. The van der Waals surface area contributed by atoms with Gasteiger partial charge >= 0.3 is 5.69 Å². The van der Waals surface area contributed by atoms with Crippen LogP contribution in [-0.2, 0) is 4.74 Å². The quantitative estimate of drug-likeness (QED) is 0.654. The maximum absolute atomic E-state index is 11.0. The van der Waals surface area contributed by atoms with Gasteiger partial charge in [-0.3, -0.25) is 10.1 Å². The fraction of sp³-hybridized carbons (Fsp3) is 0.583. The van der Waals surface area contributed by atoms with E-state index in [1.165, 1.54) is 12.1 Å². The molecule has 104 valence electrons. The van der Waals surface area contributed by atoms with Crippen molar-refractivity contribution in [2.75, 3.05) is 37.4 Å². The molecule has 0 aromatic carbocycles. The van der Waals surface area contributed by atoms with E-state index in [1.807, 2.05) is 11.9 Å². The number of nitrogens with two attached hydrogens (primary N) is 1. The van der Waals surface area contributed by atoms with E-state index >= 15 is 0 Å². The molecule has 0 amide bonds. The van der Waals surface area contributed by atoms with E-state index in [0.29, 0.717) is 17.6 Å². The van der Waals surface area contributed by atoms with Crippen LogP contribution in [0.3, 0.4) is 0 Å². The highest BCUT2D eigenvalue weighted by atomic mass is 16.6. The first kappa shape index (κ1) is 13.5. The number of aromatic nitrogens is 1. The highest BCUT2D eigenvalue weighted by Gasteiger charge is 2.22. The number of nitrogen functional groups attached to an aromatic ring is 1. The molecule has 0 saturated carbocycles. The van der Waals surface area contributed by atoms with E-state index in [4.69, 9.17) is 10.5 Å². The predicted molar refractivity (Wildman–Crippen MR) is 72.1 cm³/mol. The van der Waals surface area contributed by atoms with E-state index in [2.05, 4.69) is 4.98 Å². The molecule has 0 aliphatic carbocycles. The Morgan fingerprint density at radius 2 is 2.21 bits per heavy atom. The Morgan fingerprint density at radius 3 is 2.84 bits per heavy atom. The van der Waals surface area contributed by atoms with E-state index in [-0.39, 0.29) is 5.69 Å². The first-order valence-electron chi connectivity index (χ1n) is 6.27. The number of hydrogen-bond acceptors (Lipinski definition) is 6. The molecule has 2 N–H and O–H groups in total. The molecule has 1 aromatic rings. The van der Waals surface area contributed by atoms with Crippen molar-refractivity contribution in [2.24, 2.45) is 5.92 Å². The Morgan fingerprint density at radius 1 is 1.53 bits per heavy atom. The molecule has 0 atom stereocenters. The highest BCUT2D eigenvalue weighted by Crippen LogP contribution is 2.27. The van der Waals surface area contributed by atoms with Gasteiger partial charge in [0.25, 0.3) is 0 Å². The van der Waals surface area contributed by atoms with Crippen molar-refractivity contribution in [3.05, 3.63) is 22.2 Å². The lowest BCUT2D eigenvalue weighted by atomic mass is 10.00. The standard InChI is InChI=1S/C12H18N4O3/c1-15(8-9-4-6-19-7-5-9)12-10(16(17)18)2-3-11(13)14-12/h2-3,9H,4-8H2,1H3,(H2,13,14). The molecule has 0 radical (unpaired) electrons. The monoisotopic (exact) mass is 266 g/mol. The van der Waals surface area contributed by atoms with Crippen LogP contribution < -0.4 is 10.6 Å². The van der Waals surface area contributed by atoms with Crippen molar-refractivity contribution in [3.8, 4) is 0 Å². The van der Waals surface area contributed by atoms with Gasteiger partial charge in [-0.2, -0.15) is 0 Å². The van der Waals surface area contributed by atoms with Gasteiger partial charge in [-0.1, -0.05) is 0 Å². The molecule has 0 bridgehead atoms. The fourth-order valence-corrected chi connectivity index (χ4v) is 2.28. The Balaban J connectivity index is 2.14. The fourth-order valence-electron chi connectivity index (χ4n) is 2.28. The molecule has 2 rings (SSSR count). The largest absolute Gasteiger partial charge is 0.384 e. The number of nitrogens with zero attached hydrogens (tertiary/aromatic N) is 3. The van der Waals surface area contributed by atoms with Gasteiger partial charge in [0.05, 0.1) is 4.92 Å². The SMILES string of the molecule is CN(CC1CCOCC1)c1nc(N)ccc1[N+](=O)[O-]. The molecule has 7 heteroatoms. The summed E-state index contributed by atoms with van der Waals surface area (Å²) in [5.74, 6) is 1.09. The molecular formula is C12H18N4O3. The van der Waals surface area contributed by atoms with Crippen LogP contribution in [0, 0.1) is 16.0 Å². The molecule has 7 nitrogen and oxygen atoms in total. The van der Waals surface area contributed by atoms with Gasteiger partial charge in [-0.05, 0) is 24.8 Å². The molecule has 1 saturated heterocycles. The van der Waals surface area contributed by atoms with E-state index in [9.17, 15) is 10.1 Å². The Bertz CT molecular complexity index is 460. The zero-order valence-electron chi connectivity index (χ0n) is 10.9. The summed E-state index contributed by atoms with van der Waals surface area (Å²) in [5, 5.41) is 11.0. The molecule has 1 fully saturated rings. The lowest BCUT2D eigenvalue weighted by Gasteiger charge is -2.27. The summed E-state index contributed by atoms with van der Waals surface area (Å²) in [7, 11) is 1.81. The van der Waals surface area contributed by atoms with Crippen LogP contribution in [0.2, 0.25) is 0 Å². The predicted octanol–water partition coefficient (Wildman–Crippen LogP) is 1.43. The first-order valence-corrected chi connectivity index (χ1v) is 6.27. The molecule has 2 heterocycles. The van der Waals surface area contributed by atoms with E-state index < -0.39 is 4.92 Å². The topological polar surface area (TPSA) is 94.5 Å². The molecule has 1 aromatic heterocycles. The maximum Gasteiger partial charge on any atom is 0.311 e. The zero-order valence-corrected chi connectivity index (χ0v) is 10.9. The van der Waals surface area contributed by atoms with Crippen molar-refractivity contribution in [1.29, 1.82) is 0 Å². The second-order valence-corrected chi connectivity index (χ2v) is 4.77. The maximum atomic E-state index is 11.0. The van der Waals surface area contributed by atoms with Gasteiger partial charge in [0.15, 0.2) is 0 Å². The van der Waals surface area contributed by atoms with Crippen molar-refractivity contribution in [2.45, 2.75) is 12.8 Å². The third kappa shape index (κ3) is 3.31. The van der Waals surface area contributed by atoms with Crippen molar-refractivity contribution in [3.63, 3.8) is 0 Å². The second-order valence-electron chi connectivity index (χ2n) is 4.77. The summed E-state index contributed by atoms with van der Waals surface area (Å²) in [4.78, 5) is 16.5. The van der Waals surface area contributed by atoms with Gasteiger partial charge in [0.2, 0.25) is 5.82 Å². The van der Waals surface area contributed by atoms with Gasteiger partial charge in [-0.25, -0.2) is 4.98 Å². The third-order valence-corrected chi connectivity index (χ3v) is 3.31. The third-order valence-electron chi connectivity index (χ3n) is 3.31. The molecule has 1 aliphatic heterocycles. The van der Waals surface area contributed by atoms with Gasteiger partial charge in [-0.15, -0.1) is 0 Å². The lowest BCUT2D eigenvalue weighted by molar-refractivity contribution is -0.384. The minimum atomic E-state index is -0.428. The van der Waals surface area contributed by atoms with Crippen molar-refractivity contribution >= 4 is 17.3 Å². The van der Waals surface area contributed by atoms with E-state index in [0.717, 1.165) is 32.6 Å². The van der Waals surface area contributed by atoms with Crippen LogP contribution >= 0.6 is 0 Å². The van der Waals surface area contributed by atoms with Crippen LogP contribution in [-0.4, -0.2) is 36.7 Å². The van der Waals surface area contributed by atoms with Gasteiger partial charge in [0, 0.05) is 32.9 Å². The number of anilines is 2. The van der Waals surface area contributed by atoms with Gasteiger partial charge < -0.3 is 15.4 Å². The zero-order chi connectivity index (χ0) is 13.8.